The van der Waals surface area contributed by atoms with Gasteiger partial charge in [-0.1, -0.05) is 47.1 Å². The number of hydrogen-bond acceptors (Lipinski definition) is 4. The zero-order valence-corrected chi connectivity index (χ0v) is 20.7. The number of carbonyl (C=O) groups is 1. The second-order valence-corrected chi connectivity index (χ2v) is 9.27. The van der Waals surface area contributed by atoms with Crippen LogP contribution in [-0.4, -0.2) is 11.1 Å². The summed E-state index contributed by atoms with van der Waals surface area (Å²) in [6, 6.07) is 19.7. The highest BCUT2D eigenvalue weighted by atomic mass is 19.1. The van der Waals surface area contributed by atoms with Crippen LogP contribution >= 0.6 is 0 Å². The number of nitrogens with one attached hydrogen (secondary N) is 1. The fourth-order valence-electron chi connectivity index (χ4n) is 4.70. The summed E-state index contributed by atoms with van der Waals surface area (Å²) in [7, 11) is 0. The van der Waals surface area contributed by atoms with Crippen LogP contribution in [0.2, 0.25) is 0 Å². The molecule has 0 radical (unpaired) electrons. The molecular formula is C30H27FN2O3. The molecule has 2 aromatic heterocycles. The zero-order valence-electron chi connectivity index (χ0n) is 20.7. The molecule has 0 spiro atoms. The van der Waals surface area contributed by atoms with Crippen molar-refractivity contribution in [1.82, 2.24) is 10.5 Å². The summed E-state index contributed by atoms with van der Waals surface area (Å²) < 4.78 is 24.9. The Kier molecular flexibility index (Phi) is 6.18. The van der Waals surface area contributed by atoms with Gasteiger partial charge in [-0.25, -0.2) is 4.39 Å². The third-order valence-corrected chi connectivity index (χ3v) is 6.47. The summed E-state index contributed by atoms with van der Waals surface area (Å²) >= 11 is 0. The van der Waals surface area contributed by atoms with Gasteiger partial charge in [0.05, 0.1) is 23.7 Å². The maximum atomic E-state index is 13.6. The van der Waals surface area contributed by atoms with E-state index < -0.39 is 0 Å². The summed E-state index contributed by atoms with van der Waals surface area (Å²) in [5, 5.41) is 8.07. The molecule has 0 fully saturated rings. The standard InChI is InChI=1S/C30H27FN2O3/c1-17-5-11-25(18(2)13-17)30(22-7-9-24(31)10-8-22)32-28(34)15-21-6-12-26-23(14-21)16-27(35-26)29-19(3)33-36-20(29)4/h5-14,16,30H,15H2,1-4H3,(H,32,34). The maximum Gasteiger partial charge on any atom is 0.225 e. The molecule has 5 aromatic rings. The van der Waals surface area contributed by atoms with Crippen LogP contribution < -0.4 is 5.32 Å². The lowest BCUT2D eigenvalue weighted by atomic mass is 9.93. The summed E-state index contributed by atoms with van der Waals surface area (Å²) in [6.07, 6.45) is 0.199. The molecule has 0 saturated carbocycles. The maximum absolute atomic E-state index is 13.6. The number of fused-ring (bicyclic) bond motifs is 1. The van der Waals surface area contributed by atoms with Crippen LogP contribution in [0, 0.1) is 33.5 Å². The van der Waals surface area contributed by atoms with Crippen molar-refractivity contribution in [2.45, 2.75) is 40.2 Å². The molecular weight excluding hydrogens is 455 g/mol. The first-order valence-electron chi connectivity index (χ1n) is 11.9. The highest BCUT2D eigenvalue weighted by molar-refractivity contribution is 5.86. The van der Waals surface area contributed by atoms with Gasteiger partial charge in [-0.3, -0.25) is 4.79 Å². The van der Waals surface area contributed by atoms with Crippen molar-refractivity contribution in [2.24, 2.45) is 0 Å². The Hall–Kier alpha value is -4.19. The van der Waals surface area contributed by atoms with Crippen molar-refractivity contribution in [1.29, 1.82) is 0 Å². The monoisotopic (exact) mass is 482 g/mol. The number of benzene rings is 3. The molecule has 5 rings (SSSR count). The van der Waals surface area contributed by atoms with E-state index in [1.165, 1.54) is 12.1 Å². The molecule has 1 N–H and O–H groups in total. The normalized spacial score (nSPS) is 12.1. The number of carbonyl (C=O) groups excluding carboxylic acids is 1. The van der Waals surface area contributed by atoms with E-state index in [9.17, 15) is 9.18 Å². The molecule has 0 saturated heterocycles. The van der Waals surface area contributed by atoms with Gasteiger partial charge in [0, 0.05) is 5.39 Å². The van der Waals surface area contributed by atoms with Gasteiger partial charge >= 0.3 is 0 Å². The van der Waals surface area contributed by atoms with Crippen LogP contribution in [-0.2, 0) is 11.2 Å². The zero-order chi connectivity index (χ0) is 25.4. The Morgan fingerprint density at radius 3 is 2.44 bits per heavy atom. The molecule has 1 unspecified atom stereocenters. The molecule has 0 aliphatic rings. The first-order valence-corrected chi connectivity index (χ1v) is 11.9. The van der Waals surface area contributed by atoms with Gasteiger partial charge in [0.15, 0.2) is 0 Å². The summed E-state index contributed by atoms with van der Waals surface area (Å²) in [4.78, 5) is 13.2. The van der Waals surface area contributed by atoms with E-state index in [1.807, 2.05) is 64.1 Å². The minimum atomic E-state index is -0.387. The number of aryl methyl sites for hydroxylation is 4. The van der Waals surface area contributed by atoms with Crippen LogP contribution in [0.25, 0.3) is 22.3 Å². The highest BCUT2D eigenvalue weighted by Gasteiger charge is 2.20. The van der Waals surface area contributed by atoms with E-state index in [4.69, 9.17) is 8.94 Å². The second kappa shape index (κ2) is 9.46. The minimum Gasteiger partial charge on any atom is -0.456 e. The lowest BCUT2D eigenvalue weighted by Gasteiger charge is -2.22. The van der Waals surface area contributed by atoms with Gasteiger partial charge in [0.2, 0.25) is 5.91 Å². The van der Waals surface area contributed by atoms with Crippen LogP contribution in [0.4, 0.5) is 4.39 Å². The molecule has 1 amide bonds. The SMILES string of the molecule is Cc1ccc(C(NC(=O)Cc2ccc3oc(-c4c(C)noc4C)cc3c2)c2ccc(F)cc2)c(C)c1. The Morgan fingerprint density at radius 2 is 1.75 bits per heavy atom. The van der Waals surface area contributed by atoms with Gasteiger partial charge in [-0.2, -0.15) is 0 Å². The molecule has 0 aliphatic carbocycles. The van der Waals surface area contributed by atoms with E-state index in [0.717, 1.165) is 50.0 Å². The van der Waals surface area contributed by atoms with Crippen molar-refractivity contribution in [3.63, 3.8) is 0 Å². The number of amides is 1. The third-order valence-electron chi connectivity index (χ3n) is 6.47. The predicted octanol–water partition coefficient (Wildman–Crippen LogP) is 6.91. The van der Waals surface area contributed by atoms with Gasteiger partial charge in [0.25, 0.3) is 0 Å². The lowest BCUT2D eigenvalue weighted by molar-refractivity contribution is -0.120. The summed E-state index contributed by atoms with van der Waals surface area (Å²) in [5.41, 5.74) is 7.23. The molecule has 5 nitrogen and oxygen atoms in total. The van der Waals surface area contributed by atoms with Crippen LogP contribution in [0.3, 0.4) is 0 Å². The number of furan rings is 1. The summed E-state index contributed by atoms with van der Waals surface area (Å²) in [6.45, 7) is 7.79. The van der Waals surface area contributed by atoms with E-state index in [1.54, 1.807) is 12.1 Å². The molecule has 0 bridgehead atoms. The Labute approximate surface area is 208 Å². The van der Waals surface area contributed by atoms with Crippen molar-refractivity contribution in [3.8, 4) is 11.3 Å². The predicted molar refractivity (Wildman–Crippen MR) is 137 cm³/mol. The van der Waals surface area contributed by atoms with Gasteiger partial charge < -0.3 is 14.3 Å². The van der Waals surface area contributed by atoms with E-state index in [0.29, 0.717) is 11.5 Å². The summed E-state index contributed by atoms with van der Waals surface area (Å²) in [5.74, 6) is 0.949. The number of aromatic nitrogens is 1. The first kappa shape index (κ1) is 23.5. The molecule has 0 aliphatic heterocycles. The average molecular weight is 483 g/mol. The topological polar surface area (TPSA) is 68.3 Å². The quantitative estimate of drug-likeness (QED) is 0.286. The Balaban J connectivity index is 1.40. The van der Waals surface area contributed by atoms with Crippen LogP contribution in [0.15, 0.2) is 75.7 Å². The van der Waals surface area contributed by atoms with E-state index >= 15 is 0 Å². The molecule has 182 valence electrons. The minimum absolute atomic E-state index is 0.127. The van der Waals surface area contributed by atoms with Crippen molar-refractivity contribution >= 4 is 16.9 Å². The fourth-order valence-corrected chi connectivity index (χ4v) is 4.70. The smallest absolute Gasteiger partial charge is 0.225 e. The largest absolute Gasteiger partial charge is 0.456 e. The van der Waals surface area contributed by atoms with Crippen molar-refractivity contribution < 1.29 is 18.1 Å². The van der Waals surface area contributed by atoms with Gasteiger partial charge in [0.1, 0.15) is 22.9 Å². The van der Waals surface area contributed by atoms with Crippen molar-refractivity contribution in [2.75, 3.05) is 0 Å². The van der Waals surface area contributed by atoms with Crippen molar-refractivity contribution in [3.05, 3.63) is 112 Å². The molecule has 3 aromatic carbocycles. The highest BCUT2D eigenvalue weighted by Crippen LogP contribution is 2.33. The number of halogens is 1. The fraction of sp³-hybridized carbons (Fsp3) is 0.200. The molecule has 1 atom stereocenters. The van der Waals surface area contributed by atoms with E-state index in [2.05, 4.69) is 16.5 Å². The third kappa shape index (κ3) is 4.67. The first-order chi connectivity index (χ1) is 17.3. The number of rotatable bonds is 6. The Morgan fingerprint density at radius 1 is 0.972 bits per heavy atom. The molecule has 2 heterocycles. The van der Waals surface area contributed by atoms with Crippen LogP contribution in [0.5, 0.6) is 0 Å². The second-order valence-electron chi connectivity index (χ2n) is 9.27. The molecule has 36 heavy (non-hydrogen) atoms. The van der Waals surface area contributed by atoms with E-state index in [-0.39, 0.29) is 24.2 Å². The lowest BCUT2D eigenvalue weighted by Crippen LogP contribution is -2.31. The number of nitrogens with zero attached hydrogens (tertiary/aromatic N) is 1. The average Bonchev–Trinajstić information content (AvgIpc) is 3.40. The van der Waals surface area contributed by atoms with Gasteiger partial charge in [-0.05, 0) is 80.3 Å². The Bertz CT molecular complexity index is 1540. The molecule has 6 heteroatoms. The number of hydrogen-bond donors (Lipinski definition) is 1. The van der Waals surface area contributed by atoms with Crippen LogP contribution in [0.1, 0.15) is 45.3 Å². The van der Waals surface area contributed by atoms with Gasteiger partial charge in [-0.15, -0.1) is 0 Å².